The first-order valence-electron chi connectivity index (χ1n) is 11.6. The average Bonchev–Trinajstić information content (AvgIpc) is 3.23. The summed E-state index contributed by atoms with van der Waals surface area (Å²) >= 11 is 0. The van der Waals surface area contributed by atoms with Gasteiger partial charge in [0.05, 0.1) is 12.0 Å². The lowest BCUT2D eigenvalue weighted by Crippen LogP contribution is -2.54. The van der Waals surface area contributed by atoms with Gasteiger partial charge in [0.25, 0.3) is 0 Å². The number of piperidine rings is 1. The minimum Gasteiger partial charge on any atom is -0.335 e. The van der Waals surface area contributed by atoms with Gasteiger partial charge in [0.15, 0.2) is 0 Å². The fourth-order valence-electron chi connectivity index (χ4n) is 6.11. The van der Waals surface area contributed by atoms with E-state index >= 15 is 0 Å². The molecule has 2 N–H and O–H groups in total. The molecule has 0 bridgehead atoms. The van der Waals surface area contributed by atoms with Crippen LogP contribution in [0.25, 0.3) is 0 Å². The van der Waals surface area contributed by atoms with E-state index in [1.807, 2.05) is 0 Å². The molecule has 0 aromatic heterocycles. The molecule has 4 heteroatoms. The van der Waals surface area contributed by atoms with Crippen molar-refractivity contribution in [2.45, 2.75) is 50.6 Å². The van der Waals surface area contributed by atoms with Crippen molar-refractivity contribution >= 4 is 5.91 Å². The van der Waals surface area contributed by atoms with Crippen molar-refractivity contribution in [3.63, 3.8) is 0 Å². The lowest BCUT2D eigenvalue weighted by atomic mass is 9.67. The summed E-state index contributed by atoms with van der Waals surface area (Å²) in [7, 11) is 0. The normalized spacial score (nSPS) is 28.5. The summed E-state index contributed by atoms with van der Waals surface area (Å²) in [5.41, 5.74) is 5.37. The van der Waals surface area contributed by atoms with E-state index in [0.29, 0.717) is 5.91 Å². The van der Waals surface area contributed by atoms with Gasteiger partial charge in [-0.25, -0.2) is 0 Å². The number of fused-ring (bicyclic) bond motifs is 2. The smallest absolute Gasteiger partial charge is 0.228 e. The maximum atomic E-state index is 14.1. The van der Waals surface area contributed by atoms with E-state index < -0.39 is 0 Å². The Morgan fingerprint density at radius 3 is 2.73 bits per heavy atom. The van der Waals surface area contributed by atoms with Crippen LogP contribution in [-0.4, -0.2) is 37.0 Å². The first-order chi connectivity index (χ1) is 14.7. The fraction of sp³-hybridized carbons (Fsp3) is 0.500. The van der Waals surface area contributed by atoms with Crippen LogP contribution in [0.1, 0.15) is 54.5 Å². The number of amides is 1. The van der Waals surface area contributed by atoms with Crippen molar-refractivity contribution < 1.29 is 4.79 Å². The molecule has 3 atom stereocenters. The quantitative estimate of drug-likeness (QED) is 0.824. The zero-order valence-corrected chi connectivity index (χ0v) is 18.0. The van der Waals surface area contributed by atoms with Gasteiger partial charge in [-0.05, 0) is 47.9 Å². The van der Waals surface area contributed by atoms with E-state index in [2.05, 4.69) is 71.0 Å². The number of benzene rings is 2. The number of likely N-dealkylation sites (tertiary alicyclic amines) is 1. The van der Waals surface area contributed by atoms with E-state index in [1.165, 1.54) is 28.7 Å². The molecule has 0 saturated carbocycles. The molecule has 0 aliphatic carbocycles. The second-order valence-electron chi connectivity index (χ2n) is 9.19. The van der Waals surface area contributed by atoms with Crippen LogP contribution in [-0.2, 0) is 23.2 Å². The Bertz CT molecular complexity index is 912. The second-order valence-corrected chi connectivity index (χ2v) is 9.19. The second kappa shape index (κ2) is 8.16. The topological polar surface area (TPSA) is 44.4 Å². The minimum atomic E-state index is -0.144. The first kappa shape index (κ1) is 19.8. The van der Waals surface area contributed by atoms with E-state index in [0.717, 1.165) is 52.0 Å². The van der Waals surface area contributed by atoms with Crippen molar-refractivity contribution in [1.29, 1.82) is 0 Å². The molecule has 3 heterocycles. The molecule has 0 unspecified atom stereocenters. The van der Waals surface area contributed by atoms with Gasteiger partial charge < -0.3 is 15.5 Å². The number of carbonyl (C=O) groups is 1. The number of rotatable bonds is 3. The van der Waals surface area contributed by atoms with E-state index in [-0.39, 0.29) is 17.4 Å². The minimum absolute atomic E-state index is 0.0135. The van der Waals surface area contributed by atoms with E-state index in [1.54, 1.807) is 0 Å². The highest BCUT2D eigenvalue weighted by Crippen LogP contribution is 2.43. The summed E-state index contributed by atoms with van der Waals surface area (Å²) in [5.74, 6) is 0.325. The Morgan fingerprint density at radius 1 is 1.07 bits per heavy atom. The molecule has 30 heavy (non-hydrogen) atoms. The highest BCUT2D eigenvalue weighted by atomic mass is 16.2. The lowest BCUT2D eigenvalue weighted by molar-refractivity contribution is -0.140. The number of hydrogen-bond acceptors (Lipinski definition) is 3. The summed E-state index contributed by atoms with van der Waals surface area (Å²) in [4.78, 5) is 16.3. The molecular weight excluding hydrogens is 370 g/mol. The third kappa shape index (κ3) is 3.17. The molecule has 1 amide bonds. The van der Waals surface area contributed by atoms with Gasteiger partial charge in [-0.1, -0.05) is 55.5 Å². The zero-order valence-electron chi connectivity index (χ0n) is 18.0. The van der Waals surface area contributed by atoms with Crippen LogP contribution in [0, 0.1) is 5.92 Å². The van der Waals surface area contributed by atoms with Crippen LogP contribution in [0.2, 0.25) is 0 Å². The molecule has 2 aromatic rings. The van der Waals surface area contributed by atoms with E-state index in [9.17, 15) is 4.79 Å². The largest absolute Gasteiger partial charge is 0.335 e. The van der Waals surface area contributed by atoms with Crippen LogP contribution >= 0.6 is 0 Å². The monoisotopic (exact) mass is 403 g/mol. The van der Waals surface area contributed by atoms with Crippen LogP contribution in [0.15, 0.2) is 48.5 Å². The summed E-state index contributed by atoms with van der Waals surface area (Å²) in [6.07, 6.45) is 4.41. The number of carbonyl (C=O) groups excluding carboxylic acids is 1. The summed E-state index contributed by atoms with van der Waals surface area (Å²) < 4.78 is 0. The molecule has 5 rings (SSSR count). The standard InChI is InChI=1S/C26H33N3O/c1-2-19-11-8-12-22-21(19)15-27-17-26(22)18-28-16-23(26)25(30)29-14-7-6-13-24(29)20-9-4-3-5-10-20/h3-5,8-12,23-24,27-28H,2,6-7,13-18H2,1H3/t23-,24-,26-/m0/s1. The Hall–Kier alpha value is -2.17. The van der Waals surface area contributed by atoms with Crippen molar-refractivity contribution in [2.75, 3.05) is 26.2 Å². The Balaban J connectivity index is 1.51. The highest BCUT2D eigenvalue weighted by molar-refractivity contribution is 5.82. The van der Waals surface area contributed by atoms with Crippen LogP contribution < -0.4 is 10.6 Å². The number of hydrogen-bond donors (Lipinski definition) is 2. The van der Waals surface area contributed by atoms with Gasteiger partial charge in [-0.3, -0.25) is 4.79 Å². The molecule has 158 valence electrons. The van der Waals surface area contributed by atoms with Gasteiger partial charge in [0, 0.05) is 38.1 Å². The predicted molar refractivity (Wildman–Crippen MR) is 120 cm³/mol. The molecule has 2 saturated heterocycles. The summed E-state index contributed by atoms with van der Waals surface area (Å²) in [5, 5.41) is 7.27. The van der Waals surface area contributed by atoms with Gasteiger partial charge >= 0.3 is 0 Å². The average molecular weight is 404 g/mol. The van der Waals surface area contributed by atoms with Crippen molar-refractivity contribution in [3.05, 3.63) is 70.8 Å². The van der Waals surface area contributed by atoms with Gasteiger partial charge in [-0.15, -0.1) is 0 Å². The molecule has 2 fully saturated rings. The predicted octanol–water partition coefficient (Wildman–Crippen LogP) is 3.56. The molecule has 3 aliphatic rings. The molecule has 1 spiro atoms. The van der Waals surface area contributed by atoms with Gasteiger partial charge in [0.2, 0.25) is 5.91 Å². The number of aryl methyl sites for hydroxylation is 1. The third-order valence-corrected chi connectivity index (χ3v) is 7.66. The van der Waals surface area contributed by atoms with Gasteiger partial charge in [0.1, 0.15) is 0 Å². The molecule has 3 aliphatic heterocycles. The molecule has 4 nitrogen and oxygen atoms in total. The fourth-order valence-corrected chi connectivity index (χ4v) is 6.11. The molecule has 0 radical (unpaired) electrons. The molecular formula is C26H33N3O. The highest BCUT2D eigenvalue weighted by Gasteiger charge is 2.52. The van der Waals surface area contributed by atoms with E-state index in [4.69, 9.17) is 0 Å². The van der Waals surface area contributed by atoms with Crippen molar-refractivity contribution in [2.24, 2.45) is 5.92 Å². The van der Waals surface area contributed by atoms with Crippen LogP contribution in [0.3, 0.4) is 0 Å². The zero-order chi connectivity index (χ0) is 20.6. The van der Waals surface area contributed by atoms with Crippen molar-refractivity contribution in [1.82, 2.24) is 15.5 Å². The maximum Gasteiger partial charge on any atom is 0.228 e. The number of nitrogens with zero attached hydrogens (tertiary/aromatic N) is 1. The summed E-state index contributed by atoms with van der Waals surface area (Å²) in [6, 6.07) is 17.6. The van der Waals surface area contributed by atoms with Crippen LogP contribution in [0.4, 0.5) is 0 Å². The lowest BCUT2D eigenvalue weighted by Gasteiger charge is -2.44. The Morgan fingerprint density at radius 2 is 1.90 bits per heavy atom. The Labute approximate surface area is 180 Å². The SMILES string of the molecule is CCc1cccc2c1CNC[C@]21CNC[C@H]1C(=O)N1CCCC[C@H]1c1ccccc1. The first-order valence-corrected chi connectivity index (χ1v) is 11.6. The summed E-state index contributed by atoms with van der Waals surface area (Å²) in [6.45, 7) is 6.54. The number of nitrogens with one attached hydrogen (secondary N) is 2. The molecule has 2 aromatic carbocycles. The maximum absolute atomic E-state index is 14.1. The third-order valence-electron chi connectivity index (χ3n) is 7.66. The Kier molecular flexibility index (Phi) is 5.38. The van der Waals surface area contributed by atoms with Crippen LogP contribution in [0.5, 0.6) is 0 Å². The van der Waals surface area contributed by atoms with Crippen molar-refractivity contribution in [3.8, 4) is 0 Å². The van der Waals surface area contributed by atoms with Gasteiger partial charge in [-0.2, -0.15) is 0 Å².